The third-order valence-corrected chi connectivity index (χ3v) is 3.25. The molecule has 1 aliphatic heterocycles. The molecule has 0 amide bonds. The van der Waals surface area contributed by atoms with Crippen molar-refractivity contribution < 1.29 is 14.6 Å². The van der Waals surface area contributed by atoms with E-state index in [0.29, 0.717) is 6.61 Å². The molecule has 0 unspecified atom stereocenters. The first-order valence-electron chi connectivity index (χ1n) is 5.71. The Morgan fingerprint density at radius 3 is 2.53 bits per heavy atom. The van der Waals surface area contributed by atoms with Gasteiger partial charge in [-0.1, -0.05) is 26.8 Å². The molecule has 3 heteroatoms. The first kappa shape index (κ1) is 12.7. The van der Waals surface area contributed by atoms with Crippen molar-refractivity contribution in [3.8, 4) is 0 Å². The second-order valence-corrected chi connectivity index (χ2v) is 4.17. The van der Waals surface area contributed by atoms with Gasteiger partial charge in [-0.3, -0.25) is 0 Å². The van der Waals surface area contributed by atoms with E-state index in [9.17, 15) is 5.11 Å². The van der Waals surface area contributed by atoms with E-state index >= 15 is 0 Å². The van der Waals surface area contributed by atoms with Crippen molar-refractivity contribution in [2.45, 2.75) is 51.6 Å². The molecule has 0 aromatic rings. The average molecular weight is 214 g/mol. The van der Waals surface area contributed by atoms with Crippen LogP contribution in [0.3, 0.4) is 0 Å². The average Bonchev–Trinajstić information content (AvgIpc) is 2.72. The van der Waals surface area contributed by atoms with Gasteiger partial charge >= 0.3 is 0 Å². The summed E-state index contributed by atoms with van der Waals surface area (Å²) < 4.78 is 11.5. The Morgan fingerprint density at radius 2 is 2.13 bits per heavy atom. The van der Waals surface area contributed by atoms with Gasteiger partial charge in [0.1, 0.15) is 6.10 Å². The zero-order chi connectivity index (χ0) is 11.5. The van der Waals surface area contributed by atoms with E-state index in [1.165, 1.54) is 0 Å². The van der Waals surface area contributed by atoms with Crippen LogP contribution in [0.25, 0.3) is 0 Å². The fourth-order valence-corrected chi connectivity index (χ4v) is 1.85. The van der Waals surface area contributed by atoms with E-state index in [1.54, 1.807) is 6.08 Å². The number of rotatable bonds is 5. The molecule has 15 heavy (non-hydrogen) atoms. The van der Waals surface area contributed by atoms with Crippen molar-refractivity contribution in [1.29, 1.82) is 0 Å². The van der Waals surface area contributed by atoms with Crippen LogP contribution >= 0.6 is 0 Å². The number of hydrogen-bond donors (Lipinski definition) is 1. The molecule has 0 aromatic carbocycles. The summed E-state index contributed by atoms with van der Waals surface area (Å²) in [5.41, 5.74) is 0. The van der Waals surface area contributed by atoms with Gasteiger partial charge in [0.25, 0.3) is 0 Å². The van der Waals surface area contributed by atoms with Gasteiger partial charge in [0, 0.05) is 5.92 Å². The molecule has 3 nitrogen and oxygen atoms in total. The van der Waals surface area contributed by atoms with Gasteiger partial charge in [-0.05, 0) is 12.8 Å². The van der Waals surface area contributed by atoms with Gasteiger partial charge in [0.05, 0.1) is 12.7 Å². The van der Waals surface area contributed by atoms with Crippen LogP contribution in [0.1, 0.15) is 33.6 Å². The number of hydrogen-bond acceptors (Lipinski definition) is 3. The molecule has 3 atom stereocenters. The molecule has 0 spiro atoms. The minimum Gasteiger partial charge on any atom is -0.390 e. The summed E-state index contributed by atoms with van der Waals surface area (Å²) in [6.07, 6.45) is 2.62. The van der Waals surface area contributed by atoms with Crippen LogP contribution in [0, 0.1) is 5.92 Å². The highest BCUT2D eigenvalue weighted by Gasteiger charge is 2.42. The normalized spacial score (nSPS) is 28.7. The minimum absolute atomic E-state index is 0.0307. The van der Waals surface area contributed by atoms with Gasteiger partial charge in [-0.2, -0.15) is 0 Å². The fraction of sp³-hybridized carbons (Fsp3) is 0.833. The van der Waals surface area contributed by atoms with Crippen LogP contribution in [0.4, 0.5) is 0 Å². The molecule has 1 heterocycles. The minimum atomic E-state index is -0.525. The first-order chi connectivity index (χ1) is 7.08. The molecular weight excluding hydrogens is 192 g/mol. The molecule has 0 aliphatic carbocycles. The summed E-state index contributed by atoms with van der Waals surface area (Å²) in [5, 5.41) is 9.96. The van der Waals surface area contributed by atoms with Crippen molar-refractivity contribution in [2.24, 2.45) is 5.92 Å². The number of aliphatic hydroxyl groups is 1. The molecule has 0 radical (unpaired) electrons. The van der Waals surface area contributed by atoms with Gasteiger partial charge < -0.3 is 14.6 Å². The van der Waals surface area contributed by atoms with Crippen LogP contribution < -0.4 is 0 Å². The van der Waals surface area contributed by atoms with Gasteiger partial charge in [0.2, 0.25) is 0 Å². The summed E-state index contributed by atoms with van der Waals surface area (Å²) in [7, 11) is 0. The van der Waals surface area contributed by atoms with Crippen molar-refractivity contribution in [3.05, 3.63) is 12.7 Å². The first-order valence-corrected chi connectivity index (χ1v) is 5.71. The summed E-state index contributed by atoms with van der Waals surface area (Å²) in [4.78, 5) is 0. The lowest BCUT2D eigenvalue weighted by Gasteiger charge is -2.27. The summed E-state index contributed by atoms with van der Waals surface area (Å²) >= 11 is 0. The van der Waals surface area contributed by atoms with Crippen LogP contribution in [0.5, 0.6) is 0 Å². The van der Waals surface area contributed by atoms with Gasteiger partial charge in [-0.25, -0.2) is 0 Å². The monoisotopic (exact) mass is 214 g/mol. The SMILES string of the molecule is C=C[C@@H](C)[C@@H](O)[C@@H]1COC(CC)(CC)O1. The maximum Gasteiger partial charge on any atom is 0.168 e. The highest BCUT2D eigenvalue weighted by atomic mass is 16.7. The van der Waals surface area contributed by atoms with E-state index in [4.69, 9.17) is 9.47 Å². The molecular formula is C12H22O3. The molecule has 1 N–H and O–H groups in total. The van der Waals surface area contributed by atoms with Crippen LogP contribution in [0.2, 0.25) is 0 Å². The van der Waals surface area contributed by atoms with Crippen LogP contribution in [-0.2, 0) is 9.47 Å². The zero-order valence-electron chi connectivity index (χ0n) is 9.90. The summed E-state index contributed by atoms with van der Waals surface area (Å²) in [6.45, 7) is 10.1. The van der Waals surface area contributed by atoms with E-state index in [1.807, 2.05) is 20.8 Å². The van der Waals surface area contributed by atoms with E-state index in [2.05, 4.69) is 6.58 Å². The van der Waals surface area contributed by atoms with Crippen LogP contribution in [-0.4, -0.2) is 29.7 Å². The highest BCUT2D eigenvalue weighted by molar-refractivity contribution is 4.89. The molecule has 1 aliphatic rings. The van der Waals surface area contributed by atoms with E-state index in [0.717, 1.165) is 12.8 Å². The standard InChI is InChI=1S/C12H22O3/c1-5-9(4)11(13)10-8-14-12(6-2,7-3)15-10/h5,9-11,13H,1,6-8H2,2-4H3/t9-,10+,11-/m1/s1. The maximum atomic E-state index is 9.96. The van der Waals surface area contributed by atoms with Crippen molar-refractivity contribution in [3.63, 3.8) is 0 Å². The zero-order valence-corrected chi connectivity index (χ0v) is 9.90. The Bertz CT molecular complexity index is 211. The van der Waals surface area contributed by atoms with Crippen LogP contribution in [0.15, 0.2) is 12.7 Å². The lowest BCUT2D eigenvalue weighted by Crippen LogP contribution is -2.36. The Kier molecular flexibility index (Phi) is 4.32. The van der Waals surface area contributed by atoms with Crippen molar-refractivity contribution in [2.75, 3.05) is 6.61 Å². The summed E-state index contributed by atoms with van der Waals surface area (Å²) in [5.74, 6) is -0.449. The molecule has 1 rings (SSSR count). The van der Waals surface area contributed by atoms with Gasteiger partial charge in [0.15, 0.2) is 5.79 Å². The molecule has 0 saturated carbocycles. The number of ether oxygens (including phenoxy) is 2. The van der Waals surface area contributed by atoms with Crippen molar-refractivity contribution in [1.82, 2.24) is 0 Å². The molecule has 0 bridgehead atoms. The fourth-order valence-electron chi connectivity index (χ4n) is 1.85. The second kappa shape index (κ2) is 5.10. The Hall–Kier alpha value is -0.380. The van der Waals surface area contributed by atoms with Gasteiger partial charge in [-0.15, -0.1) is 6.58 Å². The molecule has 0 aromatic heterocycles. The molecule has 1 fully saturated rings. The predicted octanol–water partition coefficient (Wildman–Crippen LogP) is 2.10. The largest absolute Gasteiger partial charge is 0.390 e. The van der Waals surface area contributed by atoms with E-state index in [-0.39, 0.29) is 12.0 Å². The lowest BCUT2D eigenvalue weighted by atomic mass is 10.0. The maximum absolute atomic E-state index is 9.96. The smallest absolute Gasteiger partial charge is 0.168 e. The predicted molar refractivity (Wildman–Crippen MR) is 59.5 cm³/mol. The summed E-state index contributed by atoms with van der Waals surface area (Å²) in [6, 6.07) is 0. The van der Waals surface area contributed by atoms with E-state index < -0.39 is 11.9 Å². The second-order valence-electron chi connectivity index (χ2n) is 4.17. The third-order valence-electron chi connectivity index (χ3n) is 3.25. The molecule has 1 saturated heterocycles. The number of aliphatic hydroxyl groups excluding tert-OH is 1. The topological polar surface area (TPSA) is 38.7 Å². The van der Waals surface area contributed by atoms with Crippen molar-refractivity contribution >= 4 is 0 Å². The lowest BCUT2D eigenvalue weighted by molar-refractivity contribution is -0.183. The third kappa shape index (κ3) is 2.60. The Balaban J connectivity index is 2.58. The Labute approximate surface area is 92.1 Å². The molecule has 88 valence electrons. The highest BCUT2D eigenvalue weighted by Crippen LogP contribution is 2.32. The Morgan fingerprint density at radius 1 is 1.53 bits per heavy atom. The quantitative estimate of drug-likeness (QED) is 0.712.